The van der Waals surface area contributed by atoms with E-state index in [-0.39, 0.29) is 31.9 Å². The molecule has 0 unspecified atom stereocenters. The molecule has 3 fully saturated rings. The summed E-state index contributed by atoms with van der Waals surface area (Å²) in [6.07, 6.45) is -0.742. The molecule has 0 saturated carbocycles. The Morgan fingerprint density at radius 2 is 1.44 bits per heavy atom. The van der Waals surface area contributed by atoms with Crippen molar-refractivity contribution in [3.05, 3.63) is 191 Å². The van der Waals surface area contributed by atoms with Gasteiger partial charge < -0.3 is 40.0 Å². The molecule has 6 aromatic rings. The quantitative estimate of drug-likeness (QED) is 0.0712. The predicted octanol–water partition coefficient (Wildman–Crippen LogP) is 7.40. The first-order valence-electron chi connectivity index (χ1n) is 24.3. The average Bonchev–Trinajstić information content (AvgIpc) is 3.88. The highest BCUT2D eigenvalue weighted by Gasteiger charge is 2.75. The van der Waals surface area contributed by atoms with Crippen LogP contribution in [0, 0.1) is 17.8 Å². The van der Waals surface area contributed by atoms with Gasteiger partial charge in [0.15, 0.2) is 0 Å². The maximum Gasteiger partial charge on any atom is 0.329 e. The van der Waals surface area contributed by atoms with Gasteiger partial charge >= 0.3 is 12.0 Å². The van der Waals surface area contributed by atoms with Crippen molar-refractivity contribution in [2.45, 2.75) is 49.0 Å². The van der Waals surface area contributed by atoms with Crippen LogP contribution in [-0.4, -0.2) is 91.1 Å². The number of cyclic esters (lactones) is 1. The predicted molar refractivity (Wildman–Crippen MR) is 271 cm³/mol. The number of hydrogen-bond acceptors (Lipinski definition) is 11. The Balaban J connectivity index is 1.22. The molecule has 10 rings (SSSR count). The smallest absolute Gasteiger partial charge is 0.329 e. The van der Waals surface area contributed by atoms with Crippen molar-refractivity contribution >= 4 is 40.9 Å². The minimum atomic E-state index is -2.04. The number of aliphatic hydroxyl groups is 2. The highest BCUT2D eigenvalue weighted by molar-refractivity contribution is 6.25. The van der Waals surface area contributed by atoms with E-state index in [1.165, 1.54) is 0 Å². The largest absolute Gasteiger partial charge is 0.491 e. The minimum Gasteiger partial charge on any atom is -0.491 e. The molecule has 4 heterocycles. The lowest BCUT2D eigenvalue weighted by atomic mass is 9.65. The normalized spacial score (nSPS) is 22.8. The Labute approximate surface area is 418 Å². The third-order valence-electron chi connectivity index (χ3n) is 14.1. The van der Waals surface area contributed by atoms with E-state index >= 15 is 19.2 Å². The SMILES string of the molecule is C[C@@H](NC(=O)N1C(=O)[C@@]2(c3cc(C#CCCO)ccc31)[C@H](C(=O)Nc1ccc(N3CCOCC3)cc1)[C@H]1C(=O)O[C@H](c3ccccc3)[C@H](c3ccccc3)N1[C@@H]2c1ccc(OCCO)cc1)c1ccccc1. The molecule has 14 heteroatoms. The van der Waals surface area contributed by atoms with Crippen molar-refractivity contribution < 1.29 is 43.6 Å². The minimum absolute atomic E-state index is 0.0364. The van der Waals surface area contributed by atoms with Crippen LogP contribution in [0.1, 0.15) is 71.0 Å². The Kier molecular flexibility index (Phi) is 13.9. The van der Waals surface area contributed by atoms with Gasteiger partial charge in [0.2, 0.25) is 11.8 Å². The molecule has 4 aliphatic heterocycles. The number of hydrogen-bond donors (Lipinski definition) is 4. The van der Waals surface area contributed by atoms with Crippen molar-refractivity contribution in [2.75, 3.05) is 61.2 Å². The molecule has 7 atom stereocenters. The molecule has 4 aliphatic rings. The number of esters is 1. The molecule has 3 saturated heterocycles. The standard InChI is InChI=1S/C58H55N5O9/c1-38(40-14-5-2-6-15-40)59-57(69)62-48-29-20-39(13-11-12-32-64)37-47(48)58(56(62)68)49(54(66)60-44-23-25-45(26-24-44)61-30-34-70-35-31-61)51-55(67)72-52(42-18-9-4-10-19-42)50(41-16-7-3-8-17-41)63(51)53(58)43-21-27-46(28-22-43)71-36-33-65/h2-10,14-29,37-38,49-53,64-65H,12,30-36H2,1H3,(H,59,69)(H,60,66)/t38-,49+,50+,51+,52-,53-,58+/m1/s1. The molecule has 4 amide bonds. The van der Waals surface area contributed by atoms with E-state index in [0.717, 1.165) is 21.7 Å². The number of carbonyl (C=O) groups excluding carboxylic acids is 4. The molecular weight excluding hydrogens is 911 g/mol. The molecule has 0 aromatic heterocycles. The van der Waals surface area contributed by atoms with Gasteiger partial charge in [-0.15, -0.1) is 0 Å². The number of rotatable bonds is 12. The first-order valence-corrected chi connectivity index (χ1v) is 24.3. The maximum absolute atomic E-state index is 16.7. The number of urea groups is 1. The third-order valence-corrected chi connectivity index (χ3v) is 14.1. The summed E-state index contributed by atoms with van der Waals surface area (Å²) in [4.78, 5) is 68.7. The number of fused-ring (bicyclic) bond motifs is 3. The molecule has 366 valence electrons. The van der Waals surface area contributed by atoms with Gasteiger partial charge in [-0.05, 0) is 89.3 Å². The van der Waals surface area contributed by atoms with Crippen LogP contribution in [0.2, 0.25) is 0 Å². The summed E-state index contributed by atoms with van der Waals surface area (Å²) in [7, 11) is 0. The number of nitrogens with one attached hydrogen (secondary N) is 2. The van der Waals surface area contributed by atoms with Crippen LogP contribution in [0.3, 0.4) is 0 Å². The fraction of sp³-hybridized carbons (Fsp3) is 0.276. The van der Waals surface area contributed by atoms with Gasteiger partial charge in [-0.3, -0.25) is 19.3 Å². The van der Waals surface area contributed by atoms with Crippen molar-refractivity contribution in [3.8, 4) is 17.6 Å². The molecule has 0 radical (unpaired) electrons. The van der Waals surface area contributed by atoms with Crippen LogP contribution in [0.4, 0.5) is 21.9 Å². The van der Waals surface area contributed by atoms with E-state index in [2.05, 4.69) is 27.4 Å². The Hall–Kier alpha value is -7.80. The van der Waals surface area contributed by atoms with E-state index in [1.54, 1.807) is 54.6 Å². The molecule has 0 aliphatic carbocycles. The number of aliphatic hydroxyl groups excluding tert-OH is 2. The highest BCUT2D eigenvalue weighted by atomic mass is 16.6. The van der Waals surface area contributed by atoms with Gasteiger partial charge in [0.1, 0.15) is 29.9 Å². The second kappa shape index (κ2) is 20.9. The number of imide groups is 1. The number of amides is 4. The van der Waals surface area contributed by atoms with Gasteiger partial charge in [-0.25, -0.2) is 9.69 Å². The fourth-order valence-corrected chi connectivity index (χ4v) is 11.0. The van der Waals surface area contributed by atoms with E-state index in [4.69, 9.17) is 14.2 Å². The van der Waals surface area contributed by atoms with Gasteiger partial charge in [0.05, 0.1) is 56.2 Å². The van der Waals surface area contributed by atoms with Crippen LogP contribution in [0.15, 0.2) is 158 Å². The Morgan fingerprint density at radius 3 is 2.11 bits per heavy atom. The number of nitrogens with zero attached hydrogens (tertiary/aromatic N) is 3. The second-order valence-corrected chi connectivity index (χ2v) is 18.3. The first-order chi connectivity index (χ1) is 35.2. The number of carbonyl (C=O) groups is 4. The van der Waals surface area contributed by atoms with Gasteiger partial charge in [-0.1, -0.05) is 115 Å². The van der Waals surface area contributed by atoms with Gasteiger partial charge in [0, 0.05) is 36.4 Å². The zero-order chi connectivity index (χ0) is 49.8. The Bertz CT molecular complexity index is 2980. The maximum atomic E-state index is 16.7. The molecule has 1 spiro atoms. The molecule has 72 heavy (non-hydrogen) atoms. The van der Waals surface area contributed by atoms with Crippen LogP contribution >= 0.6 is 0 Å². The highest BCUT2D eigenvalue weighted by Crippen LogP contribution is 2.66. The lowest BCUT2D eigenvalue weighted by Gasteiger charge is -2.46. The number of morpholine rings is 2. The van der Waals surface area contributed by atoms with Crippen molar-refractivity contribution in [1.29, 1.82) is 0 Å². The zero-order valence-corrected chi connectivity index (χ0v) is 39.7. The van der Waals surface area contributed by atoms with Crippen LogP contribution in [0.25, 0.3) is 0 Å². The zero-order valence-electron chi connectivity index (χ0n) is 39.7. The summed E-state index contributed by atoms with van der Waals surface area (Å²) in [6, 6.07) is 43.3. The van der Waals surface area contributed by atoms with E-state index in [0.29, 0.717) is 60.0 Å². The van der Waals surface area contributed by atoms with E-state index < -0.39 is 65.4 Å². The lowest BCUT2D eigenvalue weighted by molar-refractivity contribution is -0.177. The monoisotopic (exact) mass is 965 g/mol. The summed E-state index contributed by atoms with van der Waals surface area (Å²) >= 11 is 0. The van der Waals surface area contributed by atoms with Crippen molar-refractivity contribution in [3.63, 3.8) is 0 Å². The molecule has 0 bridgehead atoms. The summed E-state index contributed by atoms with van der Waals surface area (Å²) in [6.45, 7) is 4.08. The van der Waals surface area contributed by atoms with Gasteiger partial charge in [-0.2, -0.15) is 0 Å². The summed E-state index contributed by atoms with van der Waals surface area (Å²) in [5.41, 5.74) is 3.13. The van der Waals surface area contributed by atoms with Crippen LogP contribution in [0.5, 0.6) is 5.75 Å². The fourth-order valence-electron chi connectivity index (χ4n) is 11.0. The lowest BCUT2D eigenvalue weighted by Crippen LogP contribution is -2.55. The Morgan fingerprint density at radius 1 is 0.778 bits per heavy atom. The van der Waals surface area contributed by atoms with Crippen LogP contribution < -0.4 is 25.2 Å². The third kappa shape index (κ3) is 8.86. The molecular formula is C58H55N5O9. The number of ether oxygens (including phenoxy) is 3. The molecule has 6 aromatic carbocycles. The average molecular weight is 966 g/mol. The first kappa shape index (κ1) is 47.9. The van der Waals surface area contributed by atoms with E-state index in [1.807, 2.05) is 115 Å². The second-order valence-electron chi connectivity index (χ2n) is 18.3. The van der Waals surface area contributed by atoms with Crippen LogP contribution in [-0.2, 0) is 29.3 Å². The van der Waals surface area contributed by atoms with Gasteiger partial charge in [0.25, 0.3) is 0 Å². The number of anilines is 3. The summed E-state index contributed by atoms with van der Waals surface area (Å²) < 4.78 is 18.1. The topological polar surface area (TPSA) is 170 Å². The van der Waals surface area contributed by atoms with Crippen molar-refractivity contribution in [1.82, 2.24) is 10.2 Å². The summed E-state index contributed by atoms with van der Waals surface area (Å²) in [5, 5.41) is 25.6. The number of benzene rings is 6. The summed E-state index contributed by atoms with van der Waals surface area (Å²) in [5.74, 6) is 2.93. The molecule has 4 N–H and O–H groups in total. The van der Waals surface area contributed by atoms with E-state index in [9.17, 15) is 10.2 Å². The van der Waals surface area contributed by atoms with Crippen molar-refractivity contribution in [2.24, 2.45) is 5.92 Å². The molecule has 14 nitrogen and oxygen atoms in total.